The molecule has 3 rings (SSSR count). The van der Waals surface area contributed by atoms with Crippen molar-refractivity contribution in [3.05, 3.63) is 110 Å². The maximum absolute atomic E-state index is 12.5. The lowest BCUT2D eigenvalue weighted by molar-refractivity contribution is 0.625. The van der Waals surface area contributed by atoms with Crippen LogP contribution in [0, 0.1) is 0 Å². The van der Waals surface area contributed by atoms with Gasteiger partial charge >= 0.3 is 5.69 Å². The van der Waals surface area contributed by atoms with E-state index in [1.54, 1.807) is 22.9 Å². The highest BCUT2D eigenvalue weighted by atomic mass is 16.2. The van der Waals surface area contributed by atoms with Crippen LogP contribution in [0.15, 0.2) is 82.5 Å². The summed E-state index contributed by atoms with van der Waals surface area (Å²) < 4.78 is 1.57. The summed E-state index contributed by atoms with van der Waals surface area (Å²) in [6, 6.07) is 19.2. The molecule has 1 heterocycles. The predicted molar refractivity (Wildman–Crippen MR) is 96.2 cm³/mol. The Morgan fingerprint density at radius 2 is 1.46 bits per heavy atom. The highest BCUT2D eigenvalue weighted by Gasteiger charge is 2.18. The summed E-state index contributed by atoms with van der Waals surface area (Å²) in [7, 11) is 0. The molecule has 2 aromatic carbocycles. The molecule has 0 radical (unpaired) electrons. The van der Waals surface area contributed by atoms with E-state index in [2.05, 4.69) is 4.98 Å². The van der Waals surface area contributed by atoms with Gasteiger partial charge < -0.3 is 0 Å². The van der Waals surface area contributed by atoms with Crippen molar-refractivity contribution in [1.82, 2.24) is 9.55 Å². The van der Waals surface area contributed by atoms with Crippen LogP contribution in [0.5, 0.6) is 0 Å². The van der Waals surface area contributed by atoms with Crippen molar-refractivity contribution in [3.8, 4) is 0 Å². The van der Waals surface area contributed by atoms with Gasteiger partial charge in [-0.15, -0.1) is 0 Å². The Labute approximate surface area is 139 Å². The summed E-state index contributed by atoms with van der Waals surface area (Å²) in [5, 5.41) is 0. The van der Waals surface area contributed by atoms with Gasteiger partial charge in [-0.2, -0.15) is 0 Å². The molecule has 0 saturated heterocycles. The molecule has 0 aliphatic rings. The van der Waals surface area contributed by atoms with E-state index >= 15 is 0 Å². The van der Waals surface area contributed by atoms with Crippen LogP contribution in [-0.2, 0) is 0 Å². The van der Waals surface area contributed by atoms with Crippen LogP contribution in [0.4, 0.5) is 0 Å². The van der Waals surface area contributed by atoms with Crippen molar-refractivity contribution in [1.29, 1.82) is 0 Å². The zero-order chi connectivity index (χ0) is 16.9. The summed E-state index contributed by atoms with van der Waals surface area (Å²) in [5.74, 6) is 0. The lowest BCUT2D eigenvalue weighted by atomic mass is 9.98. The minimum atomic E-state index is -0.425. The van der Waals surface area contributed by atoms with Crippen molar-refractivity contribution in [2.45, 2.75) is 13.0 Å². The molecule has 4 heteroatoms. The zero-order valence-corrected chi connectivity index (χ0v) is 13.3. The van der Waals surface area contributed by atoms with Crippen molar-refractivity contribution in [2.24, 2.45) is 0 Å². The fourth-order valence-electron chi connectivity index (χ4n) is 2.78. The minimum absolute atomic E-state index is 0.305. The first-order valence-corrected chi connectivity index (χ1v) is 7.79. The number of hydrogen-bond donors (Lipinski definition) is 1. The first-order valence-electron chi connectivity index (χ1n) is 7.79. The fraction of sp³-hybridized carbons (Fsp3) is 0.100. The van der Waals surface area contributed by atoms with Crippen molar-refractivity contribution in [3.63, 3.8) is 0 Å². The van der Waals surface area contributed by atoms with Crippen LogP contribution in [0.3, 0.4) is 0 Å². The number of H-pyrrole nitrogens is 1. The number of aromatic amines is 1. The Hall–Kier alpha value is -3.14. The SMILES string of the molecule is C/C=C/c1cn(C(c2ccccc2)c2ccccc2)c(=O)[nH]c1=O. The van der Waals surface area contributed by atoms with Gasteiger partial charge in [0.2, 0.25) is 0 Å². The van der Waals surface area contributed by atoms with Gasteiger partial charge in [-0.1, -0.05) is 72.8 Å². The monoisotopic (exact) mass is 318 g/mol. The third-order valence-corrected chi connectivity index (χ3v) is 3.85. The van der Waals surface area contributed by atoms with Gasteiger partial charge in [0.05, 0.1) is 11.6 Å². The van der Waals surface area contributed by atoms with E-state index in [9.17, 15) is 9.59 Å². The number of rotatable bonds is 4. The highest BCUT2D eigenvalue weighted by Crippen LogP contribution is 2.25. The molecule has 1 aromatic heterocycles. The van der Waals surface area contributed by atoms with Gasteiger partial charge in [-0.25, -0.2) is 4.79 Å². The Morgan fingerprint density at radius 3 is 1.96 bits per heavy atom. The van der Waals surface area contributed by atoms with Crippen LogP contribution >= 0.6 is 0 Å². The molecule has 0 atom stereocenters. The van der Waals surface area contributed by atoms with Crippen molar-refractivity contribution >= 4 is 6.08 Å². The molecule has 3 aromatic rings. The van der Waals surface area contributed by atoms with Gasteiger partial charge in [-0.05, 0) is 18.1 Å². The second-order valence-electron chi connectivity index (χ2n) is 5.47. The second-order valence-corrected chi connectivity index (χ2v) is 5.47. The van der Waals surface area contributed by atoms with Crippen LogP contribution in [0.2, 0.25) is 0 Å². The van der Waals surface area contributed by atoms with Crippen LogP contribution in [-0.4, -0.2) is 9.55 Å². The molecular weight excluding hydrogens is 300 g/mol. The number of aromatic nitrogens is 2. The average molecular weight is 318 g/mol. The molecule has 1 N–H and O–H groups in total. The van der Waals surface area contributed by atoms with E-state index in [1.165, 1.54) is 0 Å². The topological polar surface area (TPSA) is 54.9 Å². The number of hydrogen-bond acceptors (Lipinski definition) is 2. The molecule has 0 unspecified atom stereocenters. The van der Waals surface area contributed by atoms with Crippen LogP contribution in [0.25, 0.3) is 6.08 Å². The maximum atomic E-state index is 12.5. The van der Waals surface area contributed by atoms with E-state index in [4.69, 9.17) is 0 Å². The summed E-state index contributed by atoms with van der Waals surface area (Å²) >= 11 is 0. The Balaban J connectivity index is 2.26. The van der Waals surface area contributed by atoms with Gasteiger partial charge in [0.15, 0.2) is 0 Å². The summed E-state index contributed by atoms with van der Waals surface area (Å²) in [5.41, 5.74) is 1.60. The maximum Gasteiger partial charge on any atom is 0.329 e. The lowest BCUT2D eigenvalue weighted by Gasteiger charge is -2.21. The van der Waals surface area contributed by atoms with Gasteiger partial charge in [0, 0.05) is 6.20 Å². The third-order valence-electron chi connectivity index (χ3n) is 3.85. The number of nitrogens with one attached hydrogen (secondary N) is 1. The van der Waals surface area contributed by atoms with Gasteiger partial charge in [0.1, 0.15) is 0 Å². The predicted octanol–water partition coefficient (Wildman–Crippen LogP) is 3.21. The molecular formula is C20H18N2O2. The van der Waals surface area contributed by atoms with E-state index in [0.717, 1.165) is 11.1 Å². The molecule has 4 nitrogen and oxygen atoms in total. The van der Waals surface area contributed by atoms with E-state index < -0.39 is 5.69 Å². The standard InChI is InChI=1S/C20H18N2O2/c1-2-9-17-14-22(20(24)21-19(17)23)18(15-10-5-3-6-11-15)16-12-7-4-8-13-16/h2-14,18H,1H3,(H,21,23,24)/b9-2+. The molecule has 120 valence electrons. The molecule has 0 amide bonds. The Morgan fingerprint density at radius 1 is 0.917 bits per heavy atom. The van der Waals surface area contributed by atoms with Crippen molar-refractivity contribution in [2.75, 3.05) is 0 Å². The first-order chi connectivity index (χ1) is 11.7. The molecule has 24 heavy (non-hydrogen) atoms. The van der Waals surface area contributed by atoms with Crippen LogP contribution in [0.1, 0.15) is 29.7 Å². The molecule has 0 fully saturated rings. The Bertz CT molecular complexity index is 915. The largest absolute Gasteiger partial charge is 0.329 e. The smallest absolute Gasteiger partial charge is 0.288 e. The third kappa shape index (κ3) is 3.13. The molecule has 0 aliphatic carbocycles. The summed E-state index contributed by atoms with van der Waals surface area (Å²) in [4.78, 5) is 26.8. The number of allylic oxidation sites excluding steroid dienone is 1. The lowest BCUT2D eigenvalue weighted by Crippen LogP contribution is -2.34. The second kappa shape index (κ2) is 6.96. The Kier molecular flexibility index (Phi) is 4.57. The number of nitrogens with zero attached hydrogens (tertiary/aromatic N) is 1. The molecule has 0 bridgehead atoms. The van der Waals surface area contributed by atoms with E-state index in [0.29, 0.717) is 5.56 Å². The fourth-order valence-corrected chi connectivity index (χ4v) is 2.78. The quantitative estimate of drug-likeness (QED) is 0.803. The van der Waals surface area contributed by atoms with Gasteiger partial charge in [0.25, 0.3) is 5.56 Å². The minimum Gasteiger partial charge on any atom is -0.288 e. The van der Waals surface area contributed by atoms with E-state index in [-0.39, 0.29) is 11.6 Å². The van der Waals surface area contributed by atoms with Crippen LogP contribution < -0.4 is 11.2 Å². The van der Waals surface area contributed by atoms with Gasteiger partial charge in [-0.3, -0.25) is 14.3 Å². The van der Waals surface area contributed by atoms with E-state index in [1.807, 2.05) is 67.6 Å². The summed E-state index contributed by atoms with van der Waals surface area (Å²) in [6.07, 6.45) is 5.09. The first kappa shape index (κ1) is 15.7. The average Bonchev–Trinajstić information content (AvgIpc) is 2.61. The molecule has 0 saturated carbocycles. The normalized spacial score (nSPS) is 11.2. The zero-order valence-electron chi connectivity index (χ0n) is 13.3. The highest BCUT2D eigenvalue weighted by molar-refractivity contribution is 5.46. The molecule has 0 aliphatic heterocycles. The van der Waals surface area contributed by atoms with Crippen molar-refractivity contribution < 1.29 is 0 Å². The molecule has 0 spiro atoms. The number of benzene rings is 2. The summed E-state index contributed by atoms with van der Waals surface area (Å²) in [6.45, 7) is 1.83.